The van der Waals surface area contributed by atoms with Gasteiger partial charge in [0.05, 0.1) is 12.7 Å². The molecule has 3 aromatic rings. The number of carboxylic acid groups (broad SMARTS) is 1. The van der Waals surface area contributed by atoms with Crippen LogP contribution in [0.15, 0.2) is 41.1 Å². The van der Waals surface area contributed by atoms with E-state index in [4.69, 9.17) is 9.52 Å². The second kappa shape index (κ2) is 7.50. The van der Waals surface area contributed by atoms with Gasteiger partial charge in [0.2, 0.25) is 5.91 Å². The first-order chi connectivity index (χ1) is 13.5. The predicted molar refractivity (Wildman–Crippen MR) is 103 cm³/mol. The molecule has 0 spiro atoms. The van der Waals surface area contributed by atoms with E-state index in [0.717, 1.165) is 47.2 Å². The normalized spacial score (nSPS) is 17.2. The highest BCUT2D eigenvalue weighted by Gasteiger charge is 2.27. The predicted octanol–water partition coefficient (Wildman–Crippen LogP) is 2.97. The lowest BCUT2D eigenvalue weighted by molar-refractivity contribution is -0.138. The fourth-order valence-electron chi connectivity index (χ4n) is 4.00. The van der Waals surface area contributed by atoms with Crippen molar-refractivity contribution in [1.82, 2.24) is 14.7 Å². The zero-order valence-corrected chi connectivity index (χ0v) is 15.8. The van der Waals surface area contributed by atoms with Gasteiger partial charge in [0, 0.05) is 41.8 Å². The second-order valence-corrected chi connectivity index (χ2v) is 7.42. The number of carboxylic acids is 1. The number of carbonyl (C=O) groups excluding carboxylic acids is 1. The molecule has 1 atom stereocenters. The average Bonchev–Trinajstić information content (AvgIpc) is 3.28. The summed E-state index contributed by atoms with van der Waals surface area (Å²) in [6.07, 6.45) is 5.41. The van der Waals surface area contributed by atoms with E-state index in [1.54, 1.807) is 12.5 Å². The third-order valence-electron chi connectivity index (χ3n) is 5.38. The lowest BCUT2D eigenvalue weighted by Gasteiger charge is -2.33. The SMILES string of the molecule is Cc1ccc2c(CC(=O)N3CCC[C@@H](c4ccnn4CC(=O)O)C3)coc2c1. The Hall–Kier alpha value is -3.09. The Morgan fingerprint density at radius 1 is 1.32 bits per heavy atom. The van der Waals surface area contributed by atoms with Crippen molar-refractivity contribution in [1.29, 1.82) is 0 Å². The van der Waals surface area contributed by atoms with Gasteiger partial charge < -0.3 is 14.4 Å². The minimum Gasteiger partial charge on any atom is -0.480 e. The Bertz CT molecular complexity index is 1020. The maximum Gasteiger partial charge on any atom is 0.325 e. The van der Waals surface area contributed by atoms with Gasteiger partial charge in [0.25, 0.3) is 0 Å². The fraction of sp³-hybridized carbons (Fsp3) is 0.381. The van der Waals surface area contributed by atoms with Gasteiger partial charge in [-0.3, -0.25) is 14.3 Å². The van der Waals surface area contributed by atoms with E-state index >= 15 is 0 Å². The number of fused-ring (bicyclic) bond motifs is 1. The summed E-state index contributed by atoms with van der Waals surface area (Å²) in [6, 6.07) is 7.85. The smallest absolute Gasteiger partial charge is 0.325 e. The monoisotopic (exact) mass is 381 g/mol. The highest BCUT2D eigenvalue weighted by atomic mass is 16.4. The molecule has 1 amide bonds. The molecule has 4 rings (SSSR count). The number of aryl methyl sites for hydroxylation is 1. The number of furan rings is 1. The van der Waals surface area contributed by atoms with Crippen LogP contribution < -0.4 is 0 Å². The number of hydrogen-bond acceptors (Lipinski definition) is 4. The molecule has 0 aliphatic carbocycles. The molecule has 1 aromatic carbocycles. The van der Waals surface area contributed by atoms with Gasteiger partial charge in [0.15, 0.2) is 0 Å². The molecule has 146 valence electrons. The summed E-state index contributed by atoms with van der Waals surface area (Å²) in [5, 5.41) is 14.2. The van der Waals surface area contributed by atoms with E-state index in [-0.39, 0.29) is 18.4 Å². The van der Waals surface area contributed by atoms with Crippen LogP contribution in [0.1, 0.15) is 35.6 Å². The fourth-order valence-corrected chi connectivity index (χ4v) is 4.00. The van der Waals surface area contributed by atoms with Crippen molar-refractivity contribution < 1.29 is 19.1 Å². The summed E-state index contributed by atoms with van der Waals surface area (Å²) in [5.74, 6) is -0.753. The first-order valence-electron chi connectivity index (χ1n) is 9.49. The number of aromatic nitrogens is 2. The van der Waals surface area contributed by atoms with E-state index in [1.807, 2.05) is 36.1 Å². The van der Waals surface area contributed by atoms with Gasteiger partial charge in [-0.25, -0.2) is 0 Å². The van der Waals surface area contributed by atoms with Crippen molar-refractivity contribution >= 4 is 22.8 Å². The highest BCUT2D eigenvalue weighted by molar-refractivity contribution is 5.88. The zero-order valence-electron chi connectivity index (χ0n) is 15.8. The van der Waals surface area contributed by atoms with Gasteiger partial charge in [-0.1, -0.05) is 12.1 Å². The Kier molecular flexibility index (Phi) is 4.90. The minimum atomic E-state index is -0.921. The zero-order chi connectivity index (χ0) is 19.7. The van der Waals surface area contributed by atoms with Crippen LogP contribution in [0.2, 0.25) is 0 Å². The van der Waals surface area contributed by atoms with E-state index in [1.165, 1.54) is 4.68 Å². The first-order valence-corrected chi connectivity index (χ1v) is 9.49. The summed E-state index contributed by atoms with van der Waals surface area (Å²) in [5.41, 5.74) is 3.70. The molecule has 0 bridgehead atoms. The summed E-state index contributed by atoms with van der Waals surface area (Å²) < 4.78 is 7.13. The molecule has 28 heavy (non-hydrogen) atoms. The molecule has 7 nitrogen and oxygen atoms in total. The molecule has 3 heterocycles. The largest absolute Gasteiger partial charge is 0.480 e. The molecule has 7 heteroatoms. The van der Waals surface area contributed by atoms with E-state index < -0.39 is 5.97 Å². The van der Waals surface area contributed by atoms with Crippen LogP contribution in [0.4, 0.5) is 0 Å². The molecule has 0 unspecified atom stereocenters. The van der Waals surface area contributed by atoms with Crippen molar-refractivity contribution in [3.8, 4) is 0 Å². The highest BCUT2D eigenvalue weighted by Crippen LogP contribution is 2.28. The number of piperidine rings is 1. The van der Waals surface area contributed by atoms with Crippen LogP contribution in [-0.2, 0) is 22.6 Å². The molecule has 1 aliphatic rings. The van der Waals surface area contributed by atoms with Gasteiger partial charge >= 0.3 is 5.97 Å². The van der Waals surface area contributed by atoms with Crippen LogP contribution in [0.25, 0.3) is 11.0 Å². The summed E-state index contributed by atoms with van der Waals surface area (Å²) >= 11 is 0. The van der Waals surface area contributed by atoms with Gasteiger partial charge in [-0.15, -0.1) is 0 Å². The number of benzene rings is 1. The maximum atomic E-state index is 12.9. The third kappa shape index (κ3) is 3.65. The standard InChI is InChI=1S/C21H23N3O4/c1-14-4-5-17-16(13-28-19(17)9-14)10-20(25)23-8-2-3-15(11-23)18-6-7-22-24(18)12-21(26)27/h4-7,9,13,15H,2-3,8,10-12H2,1H3,(H,26,27)/t15-/m1/s1. The molecular formula is C21H23N3O4. The molecule has 0 radical (unpaired) electrons. The Morgan fingerprint density at radius 2 is 2.18 bits per heavy atom. The topological polar surface area (TPSA) is 88.6 Å². The van der Waals surface area contributed by atoms with Gasteiger partial charge in [-0.2, -0.15) is 5.10 Å². The molecule has 1 fully saturated rings. The number of hydrogen-bond donors (Lipinski definition) is 1. The number of carbonyl (C=O) groups is 2. The van der Waals surface area contributed by atoms with Crippen molar-refractivity contribution in [2.45, 2.75) is 38.6 Å². The molecule has 2 aromatic heterocycles. The maximum absolute atomic E-state index is 12.9. The molecule has 1 saturated heterocycles. The Labute approximate surface area is 162 Å². The van der Waals surface area contributed by atoms with Crippen LogP contribution >= 0.6 is 0 Å². The second-order valence-electron chi connectivity index (χ2n) is 7.42. The number of amides is 1. The van der Waals surface area contributed by atoms with E-state index in [2.05, 4.69) is 5.10 Å². The average molecular weight is 381 g/mol. The van der Waals surface area contributed by atoms with Crippen molar-refractivity contribution in [3.05, 3.63) is 53.5 Å². The minimum absolute atomic E-state index is 0.0669. The van der Waals surface area contributed by atoms with Crippen molar-refractivity contribution in [3.63, 3.8) is 0 Å². The molecule has 0 saturated carbocycles. The van der Waals surface area contributed by atoms with Crippen LogP contribution in [-0.4, -0.2) is 44.8 Å². The number of nitrogens with zero attached hydrogens (tertiary/aromatic N) is 3. The number of likely N-dealkylation sites (tertiary alicyclic amines) is 1. The Morgan fingerprint density at radius 3 is 3.00 bits per heavy atom. The van der Waals surface area contributed by atoms with Gasteiger partial charge in [0.1, 0.15) is 12.1 Å². The third-order valence-corrected chi connectivity index (χ3v) is 5.38. The summed E-state index contributed by atoms with van der Waals surface area (Å²) in [4.78, 5) is 25.8. The molecular weight excluding hydrogens is 358 g/mol. The number of rotatable bonds is 5. The number of aliphatic carboxylic acids is 1. The first kappa shape index (κ1) is 18.3. The van der Waals surface area contributed by atoms with Crippen LogP contribution in [0.5, 0.6) is 0 Å². The lowest BCUT2D eigenvalue weighted by Crippen LogP contribution is -2.40. The summed E-state index contributed by atoms with van der Waals surface area (Å²) in [6.45, 7) is 3.15. The van der Waals surface area contributed by atoms with Crippen LogP contribution in [0.3, 0.4) is 0 Å². The van der Waals surface area contributed by atoms with Crippen LogP contribution in [0, 0.1) is 6.92 Å². The van der Waals surface area contributed by atoms with Crippen molar-refractivity contribution in [2.24, 2.45) is 0 Å². The molecule has 1 aliphatic heterocycles. The van der Waals surface area contributed by atoms with Crippen molar-refractivity contribution in [2.75, 3.05) is 13.1 Å². The van der Waals surface area contributed by atoms with Gasteiger partial charge in [-0.05, 0) is 37.5 Å². The van der Waals surface area contributed by atoms with E-state index in [0.29, 0.717) is 13.0 Å². The summed E-state index contributed by atoms with van der Waals surface area (Å²) in [7, 11) is 0. The quantitative estimate of drug-likeness (QED) is 0.734. The lowest BCUT2D eigenvalue weighted by atomic mass is 9.94. The van der Waals surface area contributed by atoms with E-state index in [9.17, 15) is 9.59 Å². The molecule has 1 N–H and O–H groups in total. The Balaban J connectivity index is 1.47.